The number of piperazine rings is 1. The molecule has 1 aliphatic rings. The van der Waals surface area contributed by atoms with E-state index in [1.807, 2.05) is 23.1 Å². The molecule has 0 aliphatic carbocycles. The first kappa shape index (κ1) is 12.3. The van der Waals surface area contributed by atoms with Gasteiger partial charge in [-0.15, -0.1) is 0 Å². The number of sulfone groups is 1. The number of aromatic nitrogens is 1. The summed E-state index contributed by atoms with van der Waals surface area (Å²) in [6.45, 7) is 3.19. The normalized spacial score (nSPS) is 18.3. The van der Waals surface area contributed by atoms with Crippen molar-refractivity contribution in [3.8, 4) is 0 Å². The van der Waals surface area contributed by atoms with Crippen molar-refractivity contribution >= 4 is 15.7 Å². The second-order valence-corrected chi connectivity index (χ2v) is 6.46. The minimum absolute atomic E-state index is 0.156. The van der Waals surface area contributed by atoms with Gasteiger partial charge in [0, 0.05) is 38.6 Å². The van der Waals surface area contributed by atoms with Crippen molar-refractivity contribution in [1.82, 2.24) is 9.88 Å². The monoisotopic (exact) mass is 255 g/mol. The van der Waals surface area contributed by atoms with E-state index in [9.17, 15) is 8.42 Å². The molecule has 1 aromatic rings. The van der Waals surface area contributed by atoms with Crippen molar-refractivity contribution in [2.75, 3.05) is 43.2 Å². The van der Waals surface area contributed by atoms with E-state index in [-0.39, 0.29) is 5.88 Å². The van der Waals surface area contributed by atoms with E-state index < -0.39 is 9.84 Å². The zero-order valence-electron chi connectivity index (χ0n) is 9.91. The third kappa shape index (κ3) is 3.67. The molecule has 0 spiro atoms. The molecule has 0 amide bonds. The number of rotatable bonds is 3. The first-order chi connectivity index (χ1) is 8.04. The Bertz CT molecular complexity index is 453. The highest BCUT2D eigenvalue weighted by atomic mass is 32.2. The molecule has 6 heteroatoms. The van der Waals surface area contributed by atoms with E-state index in [0.29, 0.717) is 0 Å². The van der Waals surface area contributed by atoms with Gasteiger partial charge in [-0.25, -0.2) is 13.4 Å². The van der Waals surface area contributed by atoms with Gasteiger partial charge in [0.15, 0.2) is 9.84 Å². The summed E-state index contributed by atoms with van der Waals surface area (Å²) in [4.78, 5) is 8.44. The fourth-order valence-electron chi connectivity index (χ4n) is 1.98. The molecule has 0 unspecified atom stereocenters. The number of hydrogen-bond acceptors (Lipinski definition) is 5. The van der Waals surface area contributed by atoms with E-state index in [4.69, 9.17) is 0 Å². The van der Waals surface area contributed by atoms with Gasteiger partial charge in [0.2, 0.25) is 0 Å². The number of anilines is 1. The van der Waals surface area contributed by atoms with Crippen LogP contribution >= 0.6 is 0 Å². The molecule has 0 aromatic carbocycles. The van der Waals surface area contributed by atoms with Crippen LogP contribution in [0.2, 0.25) is 0 Å². The maximum atomic E-state index is 11.2. The summed E-state index contributed by atoms with van der Waals surface area (Å²) in [6, 6.07) is 5.83. The zero-order chi connectivity index (χ0) is 12.3. The molecular weight excluding hydrogens is 238 g/mol. The summed E-state index contributed by atoms with van der Waals surface area (Å²) in [5, 5.41) is 0. The lowest BCUT2D eigenvalue weighted by Crippen LogP contribution is -2.48. The van der Waals surface area contributed by atoms with Gasteiger partial charge in [0.25, 0.3) is 0 Å². The Morgan fingerprint density at radius 3 is 2.47 bits per heavy atom. The number of nitrogens with zero attached hydrogens (tertiary/aromatic N) is 3. The molecule has 2 heterocycles. The molecule has 0 saturated carbocycles. The van der Waals surface area contributed by atoms with Gasteiger partial charge in [0.1, 0.15) is 11.7 Å². The quantitative estimate of drug-likeness (QED) is 0.772. The maximum absolute atomic E-state index is 11.2. The topological polar surface area (TPSA) is 53.5 Å². The van der Waals surface area contributed by atoms with Crippen molar-refractivity contribution in [2.45, 2.75) is 0 Å². The highest BCUT2D eigenvalue weighted by Crippen LogP contribution is 2.12. The molecule has 0 bridgehead atoms. The second-order valence-electron chi connectivity index (χ2n) is 4.35. The van der Waals surface area contributed by atoms with Gasteiger partial charge in [-0.3, -0.25) is 4.90 Å². The van der Waals surface area contributed by atoms with Gasteiger partial charge in [-0.2, -0.15) is 0 Å². The summed E-state index contributed by atoms with van der Waals surface area (Å²) < 4.78 is 22.4. The number of hydrogen-bond donors (Lipinski definition) is 0. The van der Waals surface area contributed by atoms with Crippen LogP contribution in [0.5, 0.6) is 0 Å². The number of pyridine rings is 1. The Hall–Kier alpha value is -1.14. The summed E-state index contributed by atoms with van der Waals surface area (Å²) in [7, 11) is -2.91. The highest BCUT2D eigenvalue weighted by molar-refractivity contribution is 7.90. The molecule has 0 N–H and O–H groups in total. The zero-order valence-corrected chi connectivity index (χ0v) is 10.7. The Morgan fingerprint density at radius 1 is 1.24 bits per heavy atom. The molecule has 2 rings (SSSR count). The minimum atomic E-state index is -2.91. The van der Waals surface area contributed by atoms with Crippen LogP contribution in [0.1, 0.15) is 0 Å². The molecule has 1 aromatic heterocycles. The molecular formula is C11H17N3O2S. The second kappa shape index (κ2) is 5.01. The summed E-state index contributed by atoms with van der Waals surface area (Å²) in [5.41, 5.74) is 0. The lowest BCUT2D eigenvalue weighted by atomic mass is 10.3. The van der Waals surface area contributed by atoms with Gasteiger partial charge < -0.3 is 4.90 Å². The molecule has 0 radical (unpaired) electrons. The fourth-order valence-corrected chi connectivity index (χ4v) is 2.90. The molecule has 1 fully saturated rings. The van der Waals surface area contributed by atoms with Crippen LogP contribution in [0.3, 0.4) is 0 Å². The van der Waals surface area contributed by atoms with Crippen molar-refractivity contribution in [3.05, 3.63) is 24.4 Å². The van der Waals surface area contributed by atoms with E-state index in [1.165, 1.54) is 6.26 Å². The van der Waals surface area contributed by atoms with Crippen LogP contribution in [-0.4, -0.2) is 56.6 Å². The van der Waals surface area contributed by atoms with Gasteiger partial charge in [-0.1, -0.05) is 6.07 Å². The van der Waals surface area contributed by atoms with Crippen LogP contribution in [0, 0.1) is 0 Å². The van der Waals surface area contributed by atoms with E-state index >= 15 is 0 Å². The Labute approximate surface area is 102 Å². The summed E-state index contributed by atoms with van der Waals surface area (Å²) in [5.74, 6) is 1.12. The molecule has 1 saturated heterocycles. The average molecular weight is 255 g/mol. The van der Waals surface area contributed by atoms with Crippen LogP contribution in [-0.2, 0) is 9.84 Å². The van der Waals surface area contributed by atoms with Crippen LogP contribution < -0.4 is 4.90 Å². The predicted octanol–water partition coefficient (Wildman–Crippen LogP) is 0.206. The molecule has 17 heavy (non-hydrogen) atoms. The first-order valence-electron chi connectivity index (χ1n) is 5.61. The summed E-state index contributed by atoms with van der Waals surface area (Å²) >= 11 is 0. The fraction of sp³-hybridized carbons (Fsp3) is 0.545. The molecule has 1 aliphatic heterocycles. The van der Waals surface area contributed by atoms with Crippen LogP contribution in [0.4, 0.5) is 5.82 Å². The van der Waals surface area contributed by atoms with E-state index in [2.05, 4.69) is 9.88 Å². The van der Waals surface area contributed by atoms with Gasteiger partial charge in [0.05, 0.1) is 0 Å². The van der Waals surface area contributed by atoms with Crippen molar-refractivity contribution in [3.63, 3.8) is 0 Å². The van der Waals surface area contributed by atoms with Crippen LogP contribution in [0.25, 0.3) is 0 Å². The third-order valence-corrected chi connectivity index (χ3v) is 3.60. The highest BCUT2D eigenvalue weighted by Gasteiger charge is 2.20. The van der Waals surface area contributed by atoms with E-state index in [1.54, 1.807) is 6.20 Å². The van der Waals surface area contributed by atoms with E-state index in [0.717, 1.165) is 32.0 Å². The SMILES string of the molecule is CS(=O)(=O)CN1CCN(c2ccccn2)CC1. The Balaban J connectivity index is 1.91. The average Bonchev–Trinajstić information content (AvgIpc) is 2.29. The Kier molecular flexibility index (Phi) is 3.63. The van der Waals surface area contributed by atoms with Gasteiger partial charge >= 0.3 is 0 Å². The first-order valence-corrected chi connectivity index (χ1v) is 7.67. The lowest BCUT2D eigenvalue weighted by molar-refractivity contribution is 0.294. The third-order valence-electron chi connectivity index (χ3n) is 2.76. The molecule has 5 nitrogen and oxygen atoms in total. The van der Waals surface area contributed by atoms with Crippen molar-refractivity contribution < 1.29 is 8.42 Å². The minimum Gasteiger partial charge on any atom is -0.354 e. The van der Waals surface area contributed by atoms with Crippen LogP contribution in [0.15, 0.2) is 24.4 Å². The Morgan fingerprint density at radius 2 is 1.94 bits per heavy atom. The summed E-state index contributed by atoms with van der Waals surface area (Å²) in [6.07, 6.45) is 3.05. The maximum Gasteiger partial charge on any atom is 0.160 e. The largest absolute Gasteiger partial charge is 0.354 e. The lowest BCUT2D eigenvalue weighted by Gasteiger charge is -2.34. The standard InChI is InChI=1S/C11H17N3O2S/c1-17(15,16)10-13-6-8-14(9-7-13)11-4-2-3-5-12-11/h2-5H,6-10H2,1H3. The van der Waals surface area contributed by atoms with Gasteiger partial charge in [-0.05, 0) is 12.1 Å². The molecule has 94 valence electrons. The predicted molar refractivity (Wildman–Crippen MR) is 67.7 cm³/mol. The van der Waals surface area contributed by atoms with Crippen molar-refractivity contribution in [1.29, 1.82) is 0 Å². The molecule has 0 atom stereocenters. The smallest absolute Gasteiger partial charge is 0.160 e. The van der Waals surface area contributed by atoms with Crippen molar-refractivity contribution in [2.24, 2.45) is 0 Å².